The van der Waals surface area contributed by atoms with Crippen molar-refractivity contribution >= 4 is 21.6 Å². The van der Waals surface area contributed by atoms with Crippen molar-refractivity contribution in [3.8, 4) is 11.5 Å². The molecular weight excluding hydrogens is 306 g/mol. The number of rotatable bonds is 3. The second-order valence-corrected chi connectivity index (χ2v) is 6.36. The predicted octanol–water partition coefficient (Wildman–Crippen LogP) is 2.05. The summed E-state index contributed by atoms with van der Waals surface area (Å²) in [4.78, 5) is 12.5. The fourth-order valence-electron chi connectivity index (χ4n) is 2.38. The van der Waals surface area contributed by atoms with Gasteiger partial charge in [0.25, 0.3) is 15.9 Å². The molecule has 0 spiro atoms. The minimum atomic E-state index is -3.96. The second kappa shape index (κ2) is 5.03. The molecule has 2 aromatic carbocycles. The number of carbonyl (C=O) groups excluding carboxylic acids is 1. The van der Waals surface area contributed by atoms with Crippen molar-refractivity contribution in [1.82, 2.24) is 0 Å². The van der Waals surface area contributed by atoms with Crippen molar-refractivity contribution in [2.75, 3.05) is 18.5 Å². The van der Waals surface area contributed by atoms with Crippen LogP contribution in [-0.4, -0.2) is 28.5 Å². The Balaban J connectivity index is 2.24. The number of nitrogens with zero attached hydrogens (tertiary/aromatic N) is 1. The summed E-state index contributed by atoms with van der Waals surface area (Å²) in [6.45, 7) is 0. The first-order valence-corrected chi connectivity index (χ1v) is 7.85. The van der Waals surface area contributed by atoms with Crippen LogP contribution in [0.15, 0.2) is 47.4 Å². The molecule has 1 heterocycles. The molecule has 0 N–H and O–H groups in total. The maximum absolute atomic E-state index is 12.7. The van der Waals surface area contributed by atoms with E-state index in [9.17, 15) is 13.2 Å². The third kappa shape index (κ3) is 1.93. The topological polar surface area (TPSA) is 72.9 Å². The van der Waals surface area contributed by atoms with Gasteiger partial charge in [-0.3, -0.25) is 4.79 Å². The van der Waals surface area contributed by atoms with Crippen LogP contribution in [-0.2, 0) is 10.0 Å². The molecule has 0 aliphatic carbocycles. The number of benzene rings is 2. The molecule has 2 aromatic rings. The Hall–Kier alpha value is -2.54. The van der Waals surface area contributed by atoms with E-state index in [0.29, 0.717) is 5.75 Å². The summed E-state index contributed by atoms with van der Waals surface area (Å²) in [5.41, 5.74) is 0.274. The second-order valence-electron chi connectivity index (χ2n) is 4.61. The Labute approximate surface area is 127 Å². The van der Waals surface area contributed by atoms with Crippen LogP contribution in [0.25, 0.3) is 0 Å². The van der Waals surface area contributed by atoms with Gasteiger partial charge in [-0.2, -0.15) is 4.31 Å². The van der Waals surface area contributed by atoms with Gasteiger partial charge in [-0.05, 0) is 24.3 Å². The zero-order valence-corrected chi connectivity index (χ0v) is 12.8. The molecule has 3 rings (SSSR count). The average molecular weight is 319 g/mol. The minimum Gasteiger partial charge on any atom is -0.497 e. The van der Waals surface area contributed by atoms with E-state index < -0.39 is 15.9 Å². The van der Waals surface area contributed by atoms with Crippen LogP contribution in [0.2, 0.25) is 0 Å². The molecule has 6 nitrogen and oxygen atoms in total. The number of methoxy groups -OCH3 is 2. The summed E-state index contributed by atoms with van der Waals surface area (Å²) in [5.74, 6) is 0.0856. The van der Waals surface area contributed by atoms with Gasteiger partial charge in [0, 0.05) is 6.07 Å². The number of sulfonamides is 1. The van der Waals surface area contributed by atoms with Gasteiger partial charge in [0.15, 0.2) is 0 Å². The highest BCUT2D eigenvalue weighted by molar-refractivity contribution is 7.94. The Kier molecular flexibility index (Phi) is 3.29. The lowest BCUT2D eigenvalue weighted by Gasteiger charge is -2.18. The fraction of sp³-hybridized carbons (Fsp3) is 0.133. The first kappa shape index (κ1) is 14.4. The summed E-state index contributed by atoms with van der Waals surface area (Å²) in [5, 5.41) is 0. The number of ether oxygens (including phenoxy) is 2. The summed E-state index contributed by atoms with van der Waals surface area (Å²) >= 11 is 0. The molecule has 7 heteroatoms. The Morgan fingerprint density at radius 3 is 2.36 bits per heavy atom. The smallest absolute Gasteiger partial charge is 0.273 e. The molecule has 1 amide bonds. The lowest BCUT2D eigenvalue weighted by atomic mass is 10.2. The number of amides is 1. The van der Waals surface area contributed by atoms with Crippen LogP contribution in [0.3, 0.4) is 0 Å². The molecule has 0 atom stereocenters. The van der Waals surface area contributed by atoms with E-state index in [1.165, 1.54) is 32.4 Å². The van der Waals surface area contributed by atoms with Crippen molar-refractivity contribution < 1.29 is 22.7 Å². The summed E-state index contributed by atoms with van der Waals surface area (Å²) in [6.07, 6.45) is 0. The number of carbonyl (C=O) groups is 1. The Morgan fingerprint density at radius 1 is 1.00 bits per heavy atom. The minimum absolute atomic E-state index is 0.00938. The monoisotopic (exact) mass is 319 g/mol. The van der Waals surface area contributed by atoms with Gasteiger partial charge in [-0.25, -0.2) is 8.42 Å². The average Bonchev–Trinajstić information content (AvgIpc) is 2.74. The van der Waals surface area contributed by atoms with Crippen molar-refractivity contribution in [2.45, 2.75) is 4.90 Å². The van der Waals surface area contributed by atoms with Crippen LogP contribution in [0.4, 0.5) is 5.69 Å². The Bertz CT molecular complexity index is 860. The molecule has 0 radical (unpaired) electrons. The first-order chi connectivity index (χ1) is 10.5. The van der Waals surface area contributed by atoms with Gasteiger partial charge in [-0.1, -0.05) is 12.1 Å². The van der Waals surface area contributed by atoms with E-state index >= 15 is 0 Å². The SMILES string of the molecule is COc1ccc(OC)c(N2C(=O)c3ccccc3S2(=O)=O)c1. The van der Waals surface area contributed by atoms with E-state index in [1.807, 2.05) is 0 Å². The molecular formula is C15H13NO5S. The molecule has 114 valence electrons. The van der Waals surface area contributed by atoms with Gasteiger partial charge < -0.3 is 9.47 Å². The molecule has 0 fully saturated rings. The molecule has 1 aliphatic heterocycles. The normalized spacial score (nSPS) is 15.5. The molecule has 0 bridgehead atoms. The molecule has 0 unspecified atom stereocenters. The lowest BCUT2D eigenvalue weighted by molar-refractivity contribution is 0.101. The van der Waals surface area contributed by atoms with Crippen LogP contribution in [0.5, 0.6) is 11.5 Å². The highest BCUT2D eigenvalue weighted by atomic mass is 32.2. The van der Waals surface area contributed by atoms with Crippen molar-refractivity contribution in [3.63, 3.8) is 0 Å². The third-order valence-corrected chi connectivity index (χ3v) is 5.18. The van der Waals surface area contributed by atoms with Crippen LogP contribution < -0.4 is 13.8 Å². The highest BCUT2D eigenvalue weighted by Gasteiger charge is 2.43. The van der Waals surface area contributed by atoms with Crippen molar-refractivity contribution in [2.24, 2.45) is 0 Å². The van der Waals surface area contributed by atoms with Gasteiger partial charge in [0.2, 0.25) is 0 Å². The quantitative estimate of drug-likeness (QED) is 0.866. The number of hydrogen-bond acceptors (Lipinski definition) is 5. The van der Waals surface area contributed by atoms with Crippen molar-refractivity contribution in [1.29, 1.82) is 0 Å². The standard InChI is InChI=1S/C15H13NO5S/c1-20-10-7-8-13(21-2)12(9-10)16-15(17)11-5-3-4-6-14(11)22(16,18)19/h3-9H,1-2H3. The number of hydrogen-bond donors (Lipinski definition) is 0. The maximum atomic E-state index is 12.7. The van der Waals surface area contributed by atoms with E-state index in [1.54, 1.807) is 24.3 Å². The number of anilines is 1. The largest absolute Gasteiger partial charge is 0.497 e. The van der Waals surface area contributed by atoms with E-state index in [-0.39, 0.29) is 21.9 Å². The van der Waals surface area contributed by atoms with E-state index in [0.717, 1.165) is 4.31 Å². The lowest BCUT2D eigenvalue weighted by Crippen LogP contribution is -2.30. The summed E-state index contributed by atoms with van der Waals surface area (Å²) < 4.78 is 36.4. The molecule has 0 saturated heterocycles. The van der Waals surface area contributed by atoms with E-state index in [2.05, 4.69) is 0 Å². The van der Waals surface area contributed by atoms with Crippen LogP contribution >= 0.6 is 0 Å². The van der Waals surface area contributed by atoms with E-state index in [4.69, 9.17) is 9.47 Å². The van der Waals surface area contributed by atoms with Gasteiger partial charge in [-0.15, -0.1) is 0 Å². The van der Waals surface area contributed by atoms with Crippen LogP contribution in [0, 0.1) is 0 Å². The van der Waals surface area contributed by atoms with Gasteiger partial charge in [0.05, 0.1) is 19.8 Å². The van der Waals surface area contributed by atoms with Gasteiger partial charge in [0.1, 0.15) is 22.1 Å². The van der Waals surface area contributed by atoms with Gasteiger partial charge >= 0.3 is 0 Å². The van der Waals surface area contributed by atoms with Crippen molar-refractivity contribution in [3.05, 3.63) is 48.0 Å². The Morgan fingerprint density at radius 2 is 1.73 bits per heavy atom. The third-order valence-electron chi connectivity index (χ3n) is 3.43. The number of fused-ring (bicyclic) bond motifs is 1. The maximum Gasteiger partial charge on any atom is 0.273 e. The summed E-state index contributed by atoms with van der Waals surface area (Å²) in [7, 11) is -1.09. The molecule has 0 aromatic heterocycles. The predicted molar refractivity (Wildman–Crippen MR) is 80.0 cm³/mol. The van der Waals surface area contributed by atoms with Crippen LogP contribution in [0.1, 0.15) is 10.4 Å². The molecule has 22 heavy (non-hydrogen) atoms. The fourth-order valence-corrected chi connectivity index (χ4v) is 3.98. The first-order valence-electron chi connectivity index (χ1n) is 6.41. The summed E-state index contributed by atoms with van der Waals surface area (Å²) in [6, 6.07) is 10.7. The molecule has 0 saturated carbocycles. The molecule has 1 aliphatic rings. The zero-order chi connectivity index (χ0) is 15.9. The zero-order valence-electron chi connectivity index (χ0n) is 11.9. The highest BCUT2D eigenvalue weighted by Crippen LogP contribution is 2.40.